The number of ether oxygens (including phenoxy) is 2. The Hall–Kier alpha value is -0.0800. The monoisotopic (exact) mass is 142 g/mol. The lowest BCUT2D eigenvalue weighted by atomic mass is 10.2. The molecule has 2 nitrogen and oxygen atoms in total. The Morgan fingerprint density at radius 3 is 2.80 bits per heavy atom. The van der Waals surface area contributed by atoms with Gasteiger partial charge in [-0.15, -0.1) is 0 Å². The highest BCUT2D eigenvalue weighted by molar-refractivity contribution is 5.00. The van der Waals surface area contributed by atoms with Crippen LogP contribution in [0.5, 0.6) is 0 Å². The number of methoxy groups -OCH3 is 1. The summed E-state index contributed by atoms with van der Waals surface area (Å²) in [5.74, 6) is 0. The molecule has 1 heterocycles. The molecule has 58 valence electrons. The second-order valence-electron chi connectivity index (χ2n) is 3.42. The normalized spacial score (nSPS) is 35.1. The van der Waals surface area contributed by atoms with Gasteiger partial charge in [0.15, 0.2) is 0 Å². The molecule has 10 heavy (non-hydrogen) atoms. The second-order valence-corrected chi connectivity index (χ2v) is 3.42. The van der Waals surface area contributed by atoms with E-state index in [1.807, 2.05) is 0 Å². The maximum atomic E-state index is 5.78. The van der Waals surface area contributed by atoms with Crippen LogP contribution < -0.4 is 0 Å². The molecule has 2 heteroatoms. The lowest BCUT2D eigenvalue weighted by Crippen LogP contribution is -2.16. The molecule has 1 saturated carbocycles. The summed E-state index contributed by atoms with van der Waals surface area (Å²) in [5.41, 5.74) is 0.337. The van der Waals surface area contributed by atoms with Crippen molar-refractivity contribution in [1.82, 2.24) is 0 Å². The lowest BCUT2D eigenvalue weighted by Gasteiger charge is -2.10. The first-order valence-corrected chi connectivity index (χ1v) is 4.01. The van der Waals surface area contributed by atoms with Gasteiger partial charge in [0.2, 0.25) is 0 Å². The van der Waals surface area contributed by atoms with Gasteiger partial charge in [0.25, 0.3) is 0 Å². The maximum Gasteiger partial charge on any atom is 0.0816 e. The fourth-order valence-electron chi connectivity index (χ4n) is 1.71. The first kappa shape index (κ1) is 6.62. The van der Waals surface area contributed by atoms with E-state index in [1.54, 1.807) is 7.11 Å². The Balaban J connectivity index is 1.82. The third-order valence-electron chi connectivity index (χ3n) is 2.50. The highest BCUT2D eigenvalue weighted by Gasteiger charge is 2.49. The molecule has 0 radical (unpaired) electrons. The molecule has 1 unspecified atom stereocenters. The van der Waals surface area contributed by atoms with Gasteiger partial charge < -0.3 is 9.47 Å². The van der Waals surface area contributed by atoms with Crippen molar-refractivity contribution in [1.29, 1.82) is 0 Å². The van der Waals surface area contributed by atoms with Crippen LogP contribution in [0.2, 0.25) is 0 Å². The van der Waals surface area contributed by atoms with E-state index in [0.717, 1.165) is 6.61 Å². The van der Waals surface area contributed by atoms with Gasteiger partial charge in [0, 0.05) is 7.11 Å². The van der Waals surface area contributed by atoms with Crippen LogP contribution in [-0.2, 0) is 9.47 Å². The first-order chi connectivity index (χ1) is 4.85. The molecular formula is C8H14O2. The summed E-state index contributed by atoms with van der Waals surface area (Å²) >= 11 is 0. The zero-order valence-corrected chi connectivity index (χ0v) is 6.43. The number of rotatable bonds is 2. The SMILES string of the molecule is COCC1CCC2(CC2)O1. The summed E-state index contributed by atoms with van der Waals surface area (Å²) in [6, 6.07) is 0. The van der Waals surface area contributed by atoms with Gasteiger partial charge in [0.1, 0.15) is 0 Å². The molecule has 1 saturated heterocycles. The van der Waals surface area contributed by atoms with E-state index >= 15 is 0 Å². The van der Waals surface area contributed by atoms with Crippen molar-refractivity contribution in [2.45, 2.75) is 37.4 Å². The smallest absolute Gasteiger partial charge is 0.0816 e. The Morgan fingerprint density at radius 1 is 1.50 bits per heavy atom. The van der Waals surface area contributed by atoms with E-state index in [0.29, 0.717) is 11.7 Å². The largest absolute Gasteiger partial charge is 0.382 e. The molecule has 2 aliphatic rings. The van der Waals surface area contributed by atoms with Gasteiger partial charge >= 0.3 is 0 Å². The van der Waals surface area contributed by atoms with Gasteiger partial charge in [-0.3, -0.25) is 0 Å². The van der Waals surface area contributed by atoms with Crippen molar-refractivity contribution >= 4 is 0 Å². The van der Waals surface area contributed by atoms with Crippen molar-refractivity contribution in [3.63, 3.8) is 0 Å². The van der Waals surface area contributed by atoms with Crippen LogP contribution in [0.4, 0.5) is 0 Å². The van der Waals surface area contributed by atoms with Crippen molar-refractivity contribution in [2.24, 2.45) is 0 Å². The molecule has 1 aliphatic heterocycles. The fourth-order valence-corrected chi connectivity index (χ4v) is 1.71. The Kier molecular flexibility index (Phi) is 1.46. The Morgan fingerprint density at radius 2 is 2.30 bits per heavy atom. The average Bonchev–Trinajstić information content (AvgIpc) is 2.52. The standard InChI is InChI=1S/C8H14O2/c1-9-6-7-2-3-8(10-7)4-5-8/h7H,2-6H2,1H3. The molecule has 0 aromatic carbocycles. The van der Waals surface area contributed by atoms with E-state index in [4.69, 9.17) is 9.47 Å². The summed E-state index contributed by atoms with van der Waals surface area (Å²) < 4.78 is 10.8. The predicted molar refractivity (Wildman–Crippen MR) is 37.9 cm³/mol. The maximum absolute atomic E-state index is 5.78. The summed E-state index contributed by atoms with van der Waals surface area (Å²) in [5, 5.41) is 0. The van der Waals surface area contributed by atoms with E-state index in [1.165, 1.54) is 25.7 Å². The highest BCUT2D eigenvalue weighted by Crippen LogP contribution is 2.49. The van der Waals surface area contributed by atoms with E-state index in [9.17, 15) is 0 Å². The molecule has 1 atom stereocenters. The van der Waals surface area contributed by atoms with Gasteiger partial charge in [0.05, 0.1) is 18.3 Å². The quantitative estimate of drug-likeness (QED) is 0.579. The third kappa shape index (κ3) is 1.06. The van der Waals surface area contributed by atoms with Crippen molar-refractivity contribution < 1.29 is 9.47 Å². The van der Waals surface area contributed by atoms with E-state index in [-0.39, 0.29) is 0 Å². The Labute approximate surface area is 61.5 Å². The van der Waals surface area contributed by atoms with Crippen molar-refractivity contribution in [3.8, 4) is 0 Å². The van der Waals surface area contributed by atoms with Crippen molar-refractivity contribution in [2.75, 3.05) is 13.7 Å². The molecule has 2 fully saturated rings. The van der Waals surface area contributed by atoms with Gasteiger partial charge in [-0.25, -0.2) is 0 Å². The molecule has 1 aliphatic carbocycles. The van der Waals surface area contributed by atoms with Crippen LogP contribution in [0, 0.1) is 0 Å². The molecule has 0 aromatic heterocycles. The molecule has 1 spiro atoms. The first-order valence-electron chi connectivity index (χ1n) is 4.01. The van der Waals surface area contributed by atoms with Crippen LogP contribution in [0.25, 0.3) is 0 Å². The average molecular weight is 142 g/mol. The Bertz CT molecular complexity index is 129. The van der Waals surface area contributed by atoms with Crippen LogP contribution in [0.15, 0.2) is 0 Å². The highest BCUT2D eigenvalue weighted by atomic mass is 16.6. The lowest BCUT2D eigenvalue weighted by molar-refractivity contribution is -0.0134. The molecule has 0 amide bonds. The van der Waals surface area contributed by atoms with Crippen LogP contribution >= 0.6 is 0 Å². The molecule has 0 N–H and O–H groups in total. The van der Waals surface area contributed by atoms with Crippen LogP contribution in [0.3, 0.4) is 0 Å². The number of hydrogen-bond donors (Lipinski definition) is 0. The van der Waals surface area contributed by atoms with Crippen molar-refractivity contribution in [3.05, 3.63) is 0 Å². The fraction of sp³-hybridized carbons (Fsp3) is 1.00. The molecule has 0 bridgehead atoms. The second kappa shape index (κ2) is 2.21. The minimum Gasteiger partial charge on any atom is -0.382 e. The summed E-state index contributed by atoms with van der Waals surface area (Å²) in [6.45, 7) is 0.780. The van der Waals surface area contributed by atoms with E-state index in [2.05, 4.69) is 0 Å². The molecule has 2 rings (SSSR count). The van der Waals surface area contributed by atoms with E-state index < -0.39 is 0 Å². The zero-order valence-electron chi connectivity index (χ0n) is 6.43. The van der Waals surface area contributed by atoms with Gasteiger partial charge in [-0.2, -0.15) is 0 Å². The molecular weight excluding hydrogens is 128 g/mol. The summed E-state index contributed by atoms with van der Waals surface area (Å²) in [4.78, 5) is 0. The summed E-state index contributed by atoms with van der Waals surface area (Å²) in [7, 11) is 1.74. The van der Waals surface area contributed by atoms with Crippen LogP contribution in [-0.4, -0.2) is 25.4 Å². The predicted octanol–water partition coefficient (Wildman–Crippen LogP) is 1.34. The minimum atomic E-state index is 0.337. The van der Waals surface area contributed by atoms with Gasteiger partial charge in [-0.05, 0) is 25.7 Å². The summed E-state index contributed by atoms with van der Waals surface area (Å²) in [6.07, 6.45) is 5.43. The minimum absolute atomic E-state index is 0.337. The van der Waals surface area contributed by atoms with Crippen LogP contribution in [0.1, 0.15) is 25.7 Å². The third-order valence-corrected chi connectivity index (χ3v) is 2.50. The molecule has 0 aromatic rings. The number of hydrogen-bond acceptors (Lipinski definition) is 2. The van der Waals surface area contributed by atoms with Gasteiger partial charge in [-0.1, -0.05) is 0 Å². The zero-order chi connectivity index (χ0) is 7.03. The topological polar surface area (TPSA) is 18.5 Å².